The first kappa shape index (κ1) is 15.7. The zero-order valence-electron chi connectivity index (χ0n) is 10.1. The summed E-state index contributed by atoms with van der Waals surface area (Å²) in [5, 5.41) is 2.04. The first-order valence-corrected chi connectivity index (χ1v) is 7.53. The summed E-state index contributed by atoms with van der Waals surface area (Å²) in [6.07, 6.45) is 0. The Kier molecular flexibility index (Phi) is 6.54. The third kappa shape index (κ3) is 6.94. The van der Waals surface area contributed by atoms with E-state index in [1.807, 2.05) is 0 Å². The molecule has 6 nitrogen and oxygen atoms in total. The van der Waals surface area contributed by atoms with Gasteiger partial charge in [0.1, 0.15) is 5.75 Å². The highest BCUT2D eigenvalue weighted by molar-refractivity contribution is 8.13. The van der Waals surface area contributed by atoms with Crippen LogP contribution in [0.5, 0.6) is 5.75 Å². The number of ether oxygens (including phenoxy) is 1. The van der Waals surface area contributed by atoms with Gasteiger partial charge in [0.25, 0.3) is 0 Å². The minimum Gasteiger partial charge on any atom is -0.418 e. The molecule has 1 aromatic rings. The third-order valence-electron chi connectivity index (χ3n) is 1.85. The first-order chi connectivity index (χ1) is 8.97. The molecule has 0 spiro atoms. The van der Waals surface area contributed by atoms with E-state index < -0.39 is 16.4 Å². The van der Waals surface area contributed by atoms with Crippen molar-refractivity contribution < 1.29 is 23.1 Å². The Morgan fingerprint density at radius 1 is 1.37 bits per heavy atom. The number of anilines is 1. The van der Waals surface area contributed by atoms with Crippen LogP contribution in [0.25, 0.3) is 0 Å². The summed E-state index contributed by atoms with van der Waals surface area (Å²) in [6.45, 7) is 1.40. The van der Waals surface area contributed by atoms with Crippen LogP contribution in [0.1, 0.15) is 6.92 Å². The van der Waals surface area contributed by atoms with Gasteiger partial charge in [-0.25, -0.2) is 9.00 Å². The molecule has 104 valence electrons. The highest BCUT2D eigenvalue weighted by Gasteiger charge is 2.07. The fourth-order valence-corrected chi connectivity index (χ4v) is 2.36. The predicted octanol–water partition coefficient (Wildman–Crippen LogP) is 2.10. The number of carbonyl (C=O) groups is 2. The summed E-state index contributed by atoms with van der Waals surface area (Å²) in [5.41, 5.74) is 0.607. The Morgan fingerprint density at radius 2 is 2.00 bits per heavy atom. The summed E-state index contributed by atoms with van der Waals surface area (Å²) in [7, 11) is 0. The zero-order valence-corrected chi connectivity index (χ0v) is 11.8. The van der Waals surface area contributed by atoms with Crippen LogP contribution in [0, 0.1) is 0 Å². The molecule has 0 saturated carbocycles. The van der Waals surface area contributed by atoms with Crippen molar-refractivity contribution in [3.05, 3.63) is 24.3 Å². The summed E-state index contributed by atoms with van der Waals surface area (Å²) >= 11 is -1.08. The first-order valence-electron chi connectivity index (χ1n) is 5.27. The van der Waals surface area contributed by atoms with Crippen LogP contribution in [-0.4, -0.2) is 31.5 Å². The molecule has 0 aliphatic rings. The second-order valence-electron chi connectivity index (χ2n) is 3.43. The highest BCUT2D eigenvalue weighted by atomic mass is 32.2. The van der Waals surface area contributed by atoms with Gasteiger partial charge in [-0.3, -0.25) is 4.79 Å². The van der Waals surface area contributed by atoms with Gasteiger partial charge in [0.05, 0.1) is 5.75 Å². The molecule has 19 heavy (non-hydrogen) atoms. The van der Waals surface area contributed by atoms with Gasteiger partial charge >= 0.3 is 5.30 Å². The van der Waals surface area contributed by atoms with Crippen molar-refractivity contribution in [1.82, 2.24) is 0 Å². The van der Waals surface area contributed by atoms with E-state index in [0.29, 0.717) is 11.4 Å². The second-order valence-corrected chi connectivity index (χ2v) is 5.51. The van der Waals surface area contributed by atoms with Crippen LogP contribution < -0.4 is 10.1 Å². The normalized spacial score (nSPS) is 11.7. The summed E-state index contributed by atoms with van der Waals surface area (Å²) < 4.78 is 23.9. The van der Waals surface area contributed by atoms with Crippen molar-refractivity contribution in [1.29, 1.82) is 0 Å². The number of benzene rings is 1. The van der Waals surface area contributed by atoms with Gasteiger partial charge in [0.2, 0.25) is 5.91 Å². The number of nitrogens with one attached hydrogen (secondary N) is 1. The molecular formula is C11H13NO5S2. The Labute approximate surface area is 117 Å². The van der Waals surface area contributed by atoms with E-state index in [1.54, 1.807) is 24.3 Å². The summed E-state index contributed by atoms with van der Waals surface area (Å²) in [5.74, 6) is 0.390. The fourth-order valence-electron chi connectivity index (χ4n) is 1.13. The van der Waals surface area contributed by atoms with Crippen molar-refractivity contribution in [3.63, 3.8) is 0 Å². The van der Waals surface area contributed by atoms with Crippen LogP contribution in [-0.2, 0) is 15.9 Å². The number of carbonyl (C=O) groups excluding carboxylic acids is 2. The molecule has 2 N–H and O–H groups in total. The Balaban J connectivity index is 2.42. The third-order valence-corrected chi connectivity index (χ3v) is 3.39. The summed E-state index contributed by atoms with van der Waals surface area (Å²) in [4.78, 5) is 22.2. The van der Waals surface area contributed by atoms with Crippen LogP contribution in [0.15, 0.2) is 24.3 Å². The molecular weight excluding hydrogens is 290 g/mol. The van der Waals surface area contributed by atoms with Crippen LogP contribution >= 0.6 is 11.8 Å². The number of amides is 1. The largest absolute Gasteiger partial charge is 0.418 e. The van der Waals surface area contributed by atoms with E-state index in [9.17, 15) is 13.8 Å². The second kappa shape index (κ2) is 7.93. The van der Waals surface area contributed by atoms with Crippen LogP contribution in [0.2, 0.25) is 0 Å². The van der Waals surface area contributed by atoms with Gasteiger partial charge in [0.15, 0.2) is 11.1 Å². The Hall–Kier alpha value is -1.38. The van der Waals surface area contributed by atoms with Crippen molar-refractivity contribution in [2.24, 2.45) is 0 Å². The average molecular weight is 303 g/mol. The number of hydrogen-bond donors (Lipinski definition) is 2. The number of hydrogen-bond acceptors (Lipinski definition) is 5. The lowest BCUT2D eigenvalue weighted by Crippen LogP contribution is -2.07. The molecule has 0 aliphatic heterocycles. The summed E-state index contributed by atoms with van der Waals surface area (Å²) in [6, 6.07) is 6.32. The van der Waals surface area contributed by atoms with Crippen molar-refractivity contribution >= 4 is 39.7 Å². The molecule has 1 unspecified atom stereocenters. The molecule has 1 amide bonds. The minimum atomic E-state index is -1.91. The molecule has 0 fully saturated rings. The SMILES string of the molecule is CC(=O)Nc1ccc(OC(=O)SCCS(=O)O)cc1. The lowest BCUT2D eigenvalue weighted by atomic mass is 10.3. The maximum Gasteiger partial charge on any atom is 0.372 e. The molecule has 0 radical (unpaired) electrons. The van der Waals surface area contributed by atoms with E-state index >= 15 is 0 Å². The van der Waals surface area contributed by atoms with E-state index in [0.717, 1.165) is 11.8 Å². The van der Waals surface area contributed by atoms with E-state index in [-0.39, 0.29) is 17.4 Å². The van der Waals surface area contributed by atoms with Gasteiger partial charge in [-0.2, -0.15) is 0 Å². The number of thioether (sulfide) groups is 1. The minimum absolute atomic E-state index is 0.0151. The van der Waals surface area contributed by atoms with Gasteiger partial charge in [-0.15, -0.1) is 0 Å². The van der Waals surface area contributed by atoms with Crippen LogP contribution in [0.3, 0.4) is 0 Å². The standard InChI is InChI=1S/C11H13NO5S2/c1-8(13)12-9-2-4-10(5-3-9)17-11(14)18-6-7-19(15)16/h2-5H,6-7H2,1H3,(H,12,13)(H,15,16). The molecule has 0 bridgehead atoms. The molecule has 8 heteroatoms. The predicted molar refractivity (Wildman–Crippen MR) is 74.9 cm³/mol. The van der Waals surface area contributed by atoms with Crippen LogP contribution in [0.4, 0.5) is 10.5 Å². The van der Waals surface area contributed by atoms with Gasteiger partial charge in [-0.05, 0) is 36.0 Å². The maximum atomic E-state index is 11.3. The van der Waals surface area contributed by atoms with Gasteiger partial charge in [0, 0.05) is 18.4 Å². The fraction of sp³-hybridized carbons (Fsp3) is 0.273. The Bertz CT molecular complexity index is 474. The van der Waals surface area contributed by atoms with E-state index in [1.165, 1.54) is 6.92 Å². The Morgan fingerprint density at radius 3 is 2.53 bits per heavy atom. The molecule has 1 atom stereocenters. The topological polar surface area (TPSA) is 92.7 Å². The van der Waals surface area contributed by atoms with E-state index in [4.69, 9.17) is 9.29 Å². The number of rotatable bonds is 5. The molecule has 0 aromatic heterocycles. The quantitative estimate of drug-likeness (QED) is 0.639. The van der Waals surface area contributed by atoms with Gasteiger partial charge in [-0.1, -0.05) is 0 Å². The maximum absolute atomic E-state index is 11.3. The van der Waals surface area contributed by atoms with Crippen molar-refractivity contribution in [2.45, 2.75) is 6.92 Å². The molecule has 0 saturated heterocycles. The monoisotopic (exact) mass is 303 g/mol. The zero-order chi connectivity index (χ0) is 14.3. The average Bonchev–Trinajstić information content (AvgIpc) is 2.30. The molecule has 0 aliphatic carbocycles. The molecule has 0 heterocycles. The van der Waals surface area contributed by atoms with E-state index in [2.05, 4.69) is 5.32 Å². The highest BCUT2D eigenvalue weighted by Crippen LogP contribution is 2.18. The lowest BCUT2D eigenvalue weighted by molar-refractivity contribution is -0.114. The smallest absolute Gasteiger partial charge is 0.372 e. The molecule has 1 aromatic carbocycles. The van der Waals surface area contributed by atoms with Crippen molar-refractivity contribution in [2.75, 3.05) is 16.8 Å². The molecule has 1 rings (SSSR count). The lowest BCUT2D eigenvalue weighted by Gasteiger charge is -2.05. The van der Waals surface area contributed by atoms with Crippen molar-refractivity contribution in [3.8, 4) is 5.75 Å². The van der Waals surface area contributed by atoms with Gasteiger partial charge < -0.3 is 14.6 Å².